The minimum Gasteiger partial charge on any atom is -0.350 e. The summed E-state index contributed by atoms with van der Waals surface area (Å²) in [7, 11) is 0. The summed E-state index contributed by atoms with van der Waals surface area (Å²) in [5, 5.41) is 2.97. The number of piperidine rings is 1. The van der Waals surface area contributed by atoms with Crippen molar-refractivity contribution in [2.75, 3.05) is 49.6 Å². The topological polar surface area (TPSA) is 71.1 Å². The first-order valence-corrected chi connectivity index (χ1v) is 9.85. The Labute approximate surface area is 159 Å². The number of amides is 2. The Hall–Kier alpha value is -1.96. The highest BCUT2D eigenvalue weighted by molar-refractivity contribution is 5.97. The fourth-order valence-electron chi connectivity index (χ4n) is 4.11. The van der Waals surface area contributed by atoms with Crippen LogP contribution in [0, 0.1) is 5.92 Å². The van der Waals surface area contributed by atoms with Crippen LogP contribution in [0.15, 0.2) is 24.3 Å². The Balaban J connectivity index is 1.27. The summed E-state index contributed by atoms with van der Waals surface area (Å²) >= 11 is 0. The molecule has 0 radical (unpaired) electrons. The molecular formula is C20H27N3O4. The fraction of sp³-hybridized carbons (Fsp3) is 0.600. The van der Waals surface area contributed by atoms with Gasteiger partial charge in [0.25, 0.3) is 0 Å². The normalized spacial score (nSPS) is 22.5. The predicted octanol–water partition coefficient (Wildman–Crippen LogP) is 1.84. The average Bonchev–Trinajstić information content (AvgIpc) is 3.34. The largest absolute Gasteiger partial charge is 0.350 e. The third-order valence-corrected chi connectivity index (χ3v) is 5.55. The second-order valence-corrected chi connectivity index (χ2v) is 7.47. The van der Waals surface area contributed by atoms with E-state index in [0.717, 1.165) is 50.3 Å². The van der Waals surface area contributed by atoms with Crippen molar-refractivity contribution in [1.82, 2.24) is 4.90 Å². The van der Waals surface area contributed by atoms with Crippen LogP contribution in [0.5, 0.6) is 0 Å². The third-order valence-electron chi connectivity index (χ3n) is 5.55. The molecule has 3 fully saturated rings. The van der Waals surface area contributed by atoms with E-state index >= 15 is 0 Å². The van der Waals surface area contributed by atoms with E-state index < -0.39 is 0 Å². The van der Waals surface area contributed by atoms with Gasteiger partial charge in [-0.05, 0) is 50.6 Å². The van der Waals surface area contributed by atoms with Crippen molar-refractivity contribution in [2.45, 2.75) is 32.0 Å². The maximum Gasteiger partial charge on any atom is 0.238 e. The van der Waals surface area contributed by atoms with Crippen molar-refractivity contribution < 1.29 is 19.1 Å². The summed E-state index contributed by atoms with van der Waals surface area (Å²) in [6.07, 6.45) is 3.41. The Bertz CT molecular complexity index is 682. The lowest BCUT2D eigenvalue weighted by Crippen LogP contribution is -2.41. The highest BCUT2D eigenvalue weighted by Crippen LogP contribution is 2.26. The number of hydrogen-bond donors (Lipinski definition) is 1. The molecule has 0 saturated carbocycles. The van der Waals surface area contributed by atoms with Crippen molar-refractivity contribution in [3.8, 4) is 0 Å². The molecule has 1 aromatic carbocycles. The van der Waals surface area contributed by atoms with Crippen molar-refractivity contribution in [3.63, 3.8) is 0 Å². The second kappa shape index (κ2) is 8.37. The van der Waals surface area contributed by atoms with E-state index in [4.69, 9.17) is 9.47 Å². The number of hydrogen-bond acceptors (Lipinski definition) is 5. The number of carbonyl (C=O) groups excluding carboxylic acids is 2. The lowest BCUT2D eigenvalue weighted by atomic mass is 9.96. The molecule has 0 aliphatic carbocycles. The summed E-state index contributed by atoms with van der Waals surface area (Å²) in [4.78, 5) is 28.3. The lowest BCUT2D eigenvalue weighted by Gasteiger charge is -2.33. The minimum absolute atomic E-state index is 0.0216. The number of nitrogens with zero attached hydrogens (tertiary/aromatic N) is 2. The van der Waals surface area contributed by atoms with E-state index in [1.54, 1.807) is 4.90 Å². The molecule has 3 aliphatic heterocycles. The summed E-state index contributed by atoms with van der Waals surface area (Å²) in [6.45, 7) is 4.27. The Morgan fingerprint density at radius 2 is 1.93 bits per heavy atom. The summed E-state index contributed by atoms with van der Waals surface area (Å²) in [5.74, 6) is 0.560. The number of carbonyl (C=O) groups is 2. The minimum atomic E-state index is -0.0583. The maximum absolute atomic E-state index is 12.4. The van der Waals surface area contributed by atoms with Gasteiger partial charge in [0.1, 0.15) is 0 Å². The zero-order valence-corrected chi connectivity index (χ0v) is 15.6. The van der Waals surface area contributed by atoms with Gasteiger partial charge in [-0.15, -0.1) is 0 Å². The zero-order chi connectivity index (χ0) is 18.6. The molecule has 3 saturated heterocycles. The highest BCUT2D eigenvalue weighted by atomic mass is 16.7. The standard InChI is InChI=1S/C20H27N3O4/c24-18(14-22-9-6-15(7-10-22)20-26-11-12-27-20)21-16-3-1-4-17(13-16)23-8-2-5-19(23)25/h1,3-4,13,15,20H,2,5-12,14H2,(H,21,24). The van der Waals surface area contributed by atoms with Gasteiger partial charge in [-0.25, -0.2) is 0 Å². The molecule has 2 amide bonds. The average molecular weight is 373 g/mol. The van der Waals surface area contributed by atoms with Crippen molar-refractivity contribution in [2.24, 2.45) is 5.92 Å². The number of nitrogens with one attached hydrogen (secondary N) is 1. The van der Waals surface area contributed by atoms with E-state index in [1.165, 1.54) is 0 Å². The van der Waals surface area contributed by atoms with Crippen LogP contribution >= 0.6 is 0 Å². The van der Waals surface area contributed by atoms with Crippen LogP contribution in [0.1, 0.15) is 25.7 Å². The number of ether oxygens (including phenoxy) is 2. The van der Waals surface area contributed by atoms with Gasteiger partial charge in [-0.1, -0.05) is 6.07 Å². The van der Waals surface area contributed by atoms with Crippen LogP contribution in [0.3, 0.4) is 0 Å². The number of likely N-dealkylation sites (tertiary alicyclic amines) is 1. The van der Waals surface area contributed by atoms with E-state index in [-0.39, 0.29) is 18.1 Å². The molecular weight excluding hydrogens is 346 g/mol. The molecule has 0 atom stereocenters. The third kappa shape index (κ3) is 4.48. The van der Waals surface area contributed by atoms with Crippen LogP contribution in [0.25, 0.3) is 0 Å². The lowest BCUT2D eigenvalue weighted by molar-refractivity contribution is -0.119. The van der Waals surface area contributed by atoms with Gasteiger partial charge in [0, 0.05) is 30.3 Å². The molecule has 0 bridgehead atoms. The fourth-order valence-corrected chi connectivity index (χ4v) is 4.11. The molecule has 1 aromatic rings. The monoisotopic (exact) mass is 373 g/mol. The second-order valence-electron chi connectivity index (χ2n) is 7.47. The summed E-state index contributed by atoms with van der Waals surface area (Å²) < 4.78 is 11.2. The Morgan fingerprint density at radius 1 is 1.15 bits per heavy atom. The smallest absolute Gasteiger partial charge is 0.238 e. The molecule has 0 aromatic heterocycles. The van der Waals surface area contributed by atoms with Crippen LogP contribution in [0.2, 0.25) is 0 Å². The van der Waals surface area contributed by atoms with Gasteiger partial charge in [-0.2, -0.15) is 0 Å². The first kappa shape index (κ1) is 18.4. The van der Waals surface area contributed by atoms with Crippen LogP contribution in [-0.2, 0) is 19.1 Å². The zero-order valence-electron chi connectivity index (χ0n) is 15.6. The highest BCUT2D eigenvalue weighted by Gasteiger charge is 2.30. The van der Waals surface area contributed by atoms with Gasteiger partial charge >= 0.3 is 0 Å². The van der Waals surface area contributed by atoms with Crippen LogP contribution in [0.4, 0.5) is 11.4 Å². The van der Waals surface area contributed by atoms with Gasteiger partial charge in [0.15, 0.2) is 6.29 Å². The molecule has 3 heterocycles. The van der Waals surface area contributed by atoms with E-state index in [2.05, 4.69) is 10.2 Å². The first-order valence-electron chi connectivity index (χ1n) is 9.85. The van der Waals surface area contributed by atoms with Gasteiger partial charge in [0.2, 0.25) is 11.8 Å². The number of benzene rings is 1. The van der Waals surface area contributed by atoms with Gasteiger partial charge < -0.3 is 19.7 Å². The number of anilines is 2. The van der Waals surface area contributed by atoms with Crippen LogP contribution < -0.4 is 10.2 Å². The molecule has 7 nitrogen and oxygen atoms in total. The van der Waals surface area contributed by atoms with Crippen molar-refractivity contribution in [3.05, 3.63) is 24.3 Å². The van der Waals surface area contributed by atoms with E-state index in [9.17, 15) is 9.59 Å². The molecule has 3 aliphatic rings. The molecule has 146 valence electrons. The molecule has 0 spiro atoms. The van der Waals surface area contributed by atoms with E-state index in [1.807, 2.05) is 24.3 Å². The van der Waals surface area contributed by atoms with E-state index in [0.29, 0.717) is 32.1 Å². The Morgan fingerprint density at radius 3 is 2.63 bits per heavy atom. The quantitative estimate of drug-likeness (QED) is 0.853. The summed E-state index contributed by atoms with van der Waals surface area (Å²) in [5.41, 5.74) is 1.59. The molecule has 4 rings (SSSR count). The van der Waals surface area contributed by atoms with Crippen LogP contribution in [-0.4, -0.2) is 62.4 Å². The van der Waals surface area contributed by atoms with Crippen molar-refractivity contribution >= 4 is 23.2 Å². The molecule has 1 N–H and O–H groups in total. The number of rotatable bonds is 5. The summed E-state index contributed by atoms with van der Waals surface area (Å²) in [6, 6.07) is 7.53. The first-order chi connectivity index (χ1) is 13.2. The van der Waals surface area contributed by atoms with Crippen molar-refractivity contribution in [1.29, 1.82) is 0 Å². The van der Waals surface area contributed by atoms with Gasteiger partial charge in [-0.3, -0.25) is 14.5 Å². The maximum atomic E-state index is 12.4. The SMILES string of the molecule is O=C(CN1CCC(C2OCCO2)CC1)Nc1cccc(N2CCCC2=O)c1. The van der Waals surface area contributed by atoms with Gasteiger partial charge in [0.05, 0.1) is 19.8 Å². The Kier molecular flexibility index (Phi) is 5.71. The molecule has 7 heteroatoms. The predicted molar refractivity (Wildman–Crippen MR) is 102 cm³/mol. The molecule has 27 heavy (non-hydrogen) atoms. The molecule has 0 unspecified atom stereocenters.